The second-order valence-electron chi connectivity index (χ2n) is 7.99. The summed E-state index contributed by atoms with van der Waals surface area (Å²) in [6.07, 6.45) is 1.89. The van der Waals surface area contributed by atoms with Crippen molar-refractivity contribution in [2.24, 2.45) is 4.99 Å². The van der Waals surface area contributed by atoms with Gasteiger partial charge in [-0.05, 0) is 65.8 Å². The summed E-state index contributed by atoms with van der Waals surface area (Å²) in [5.41, 5.74) is 2.56. The van der Waals surface area contributed by atoms with Gasteiger partial charge in [0.1, 0.15) is 0 Å². The van der Waals surface area contributed by atoms with Crippen molar-refractivity contribution < 1.29 is 14.2 Å². The summed E-state index contributed by atoms with van der Waals surface area (Å²) >= 11 is 1.74. The zero-order valence-corrected chi connectivity index (χ0v) is 21.3. The van der Waals surface area contributed by atoms with Crippen LogP contribution in [0.2, 0.25) is 0 Å². The maximum atomic E-state index is 5.68. The van der Waals surface area contributed by atoms with Crippen LogP contribution in [0.25, 0.3) is 0 Å². The van der Waals surface area contributed by atoms with Crippen molar-refractivity contribution >= 4 is 41.3 Å². The topological polar surface area (TPSA) is 64.1 Å². The van der Waals surface area contributed by atoms with Gasteiger partial charge in [0.2, 0.25) is 6.79 Å². The lowest BCUT2D eigenvalue weighted by Crippen LogP contribution is -2.42. The minimum absolute atomic E-state index is 0. The first kappa shape index (κ1) is 24.1. The summed E-state index contributed by atoms with van der Waals surface area (Å²) in [5, 5.41) is 11.3. The van der Waals surface area contributed by atoms with Gasteiger partial charge in [-0.1, -0.05) is 13.0 Å². The van der Waals surface area contributed by atoms with Crippen molar-refractivity contribution in [1.29, 1.82) is 0 Å². The van der Waals surface area contributed by atoms with Crippen LogP contribution in [-0.4, -0.2) is 45.6 Å². The number of guanidine groups is 1. The third-order valence-corrected chi connectivity index (χ3v) is 6.71. The number of halogens is 1. The van der Waals surface area contributed by atoms with Crippen LogP contribution in [0, 0.1) is 0 Å². The number of hydrogen-bond donors (Lipinski definition) is 2. The van der Waals surface area contributed by atoms with Crippen molar-refractivity contribution in [2.75, 3.05) is 39.6 Å². The van der Waals surface area contributed by atoms with Crippen LogP contribution in [-0.2, 0) is 10.2 Å². The summed E-state index contributed by atoms with van der Waals surface area (Å²) in [5.74, 6) is 2.95. The summed E-state index contributed by atoms with van der Waals surface area (Å²) < 4.78 is 16.8. The molecule has 4 rings (SSSR count). The first-order valence-corrected chi connectivity index (χ1v) is 11.7. The highest BCUT2D eigenvalue weighted by Gasteiger charge is 2.35. The maximum Gasteiger partial charge on any atom is 0.231 e. The predicted molar refractivity (Wildman–Crippen MR) is 136 cm³/mol. The van der Waals surface area contributed by atoms with Gasteiger partial charge in [-0.25, -0.2) is 0 Å². The van der Waals surface area contributed by atoms with Crippen molar-refractivity contribution in [3.63, 3.8) is 0 Å². The first-order valence-electron chi connectivity index (χ1n) is 10.7. The van der Waals surface area contributed by atoms with Gasteiger partial charge >= 0.3 is 0 Å². The van der Waals surface area contributed by atoms with Crippen LogP contribution in [0.4, 0.5) is 0 Å². The SMILES string of the molecule is CCNC(=NCC1(c2ccc3c(c2)OCO3)CCOCC1)NCC(C)c1ccsc1.I. The summed E-state index contributed by atoms with van der Waals surface area (Å²) in [7, 11) is 0. The molecule has 3 heterocycles. The fourth-order valence-corrected chi connectivity index (χ4v) is 4.80. The van der Waals surface area contributed by atoms with E-state index in [4.69, 9.17) is 19.2 Å². The fourth-order valence-electron chi connectivity index (χ4n) is 4.02. The Bertz CT molecular complexity index is 854. The molecule has 1 fully saturated rings. The Morgan fingerprint density at radius 2 is 1.97 bits per heavy atom. The van der Waals surface area contributed by atoms with E-state index in [1.807, 2.05) is 6.07 Å². The van der Waals surface area contributed by atoms with Gasteiger partial charge in [-0.2, -0.15) is 11.3 Å². The fraction of sp³-hybridized carbons (Fsp3) is 0.522. The Kier molecular flexibility index (Phi) is 8.85. The molecule has 6 nitrogen and oxygen atoms in total. The molecule has 0 amide bonds. The van der Waals surface area contributed by atoms with Crippen LogP contribution in [0.1, 0.15) is 43.7 Å². The Labute approximate surface area is 205 Å². The van der Waals surface area contributed by atoms with Crippen molar-refractivity contribution in [1.82, 2.24) is 10.6 Å². The van der Waals surface area contributed by atoms with Crippen molar-refractivity contribution in [2.45, 2.75) is 38.0 Å². The molecule has 2 aromatic rings. The highest BCUT2D eigenvalue weighted by atomic mass is 127. The first-order chi connectivity index (χ1) is 14.7. The smallest absolute Gasteiger partial charge is 0.231 e. The second-order valence-corrected chi connectivity index (χ2v) is 8.77. The van der Waals surface area contributed by atoms with Crippen molar-refractivity contribution in [3.05, 3.63) is 46.2 Å². The molecule has 2 aliphatic rings. The van der Waals surface area contributed by atoms with Gasteiger partial charge in [0.05, 0.1) is 6.54 Å². The average molecular weight is 557 g/mol. The number of nitrogens with one attached hydrogen (secondary N) is 2. The normalized spacial score (nSPS) is 18.2. The standard InChI is InChI=1S/C23H31N3O3S.HI/c1-3-24-22(25-13-17(2)18-6-11-30-14-18)26-15-23(7-9-27-10-8-23)19-4-5-20-21(12-19)29-16-28-20;/h4-6,11-12,14,17H,3,7-10,13,15-16H2,1-2H3,(H2,24,25,26);1H. The van der Waals surface area contributed by atoms with Crippen LogP contribution >= 0.6 is 35.3 Å². The number of thiophene rings is 1. The molecule has 0 saturated carbocycles. The van der Waals surface area contributed by atoms with E-state index >= 15 is 0 Å². The number of ether oxygens (including phenoxy) is 3. The minimum atomic E-state index is -0.0550. The molecule has 1 aromatic carbocycles. The van der Waals surface area contributed by atoms with E-state index in [1.54, 1.807) is 11.3 Å². The molecule has 0 bridgehead atoms. The number of aliphatic imine (C=N–C) groups is 1. The van der Waals surface area contributed by atoms with E-state index in [0.717, 1.165) is 56.6 Å². The van der Waals surface area contributed by atoms with E-state index in [-0.39, 0.29) is 29.4 Å². The molecule has 31 heavy (non-hydrogen) atoms. The summed E-state index contributed by atoms with van der Waals surface area (Å²) in [6.45, 7) is 8.53. The highest BCUT2D eigenvalue weighted by molar-refractivity contribution is 14.0. The molecule has 2 N–H and O–H groups in total. The van der Waals surface area contributed by atoms with E-state index in [2.05, 4.69) is 53.4 Å². The molecule has 0 aliphatic carbocycles. The van der Waals surface area contributed by atoms with E-state index in [0.29, 0.717) is 19.3 Å². The molecule has 0 radical (unpaired) electrons. The van der Waals surface area contributed by atoms with E-state index in [9.17, 15) is 0 Å². The van der Waals surface area contributed by atoms with Gasteiger partial charge in [0.15, 0.2) is 17.5 Å². The third kappa shape index (κ3) is 5.84. The predicted octanol–water partition coefficient (Wildman–Crippen LogP) is 4.50. The monoisotopic (exact) mass is 557 g/mol. The van der Waals surface area contributed by atoms with Crippen LogP contribution in [0.3, 0.4) is 0 Å². The molecule has 1 atom stereocenters. The number of rotatable bonds is 7. The molecule has 2 aliphatic heterocycles. The van der Waals surface area contributed by atoms with Gasteiger partial charge in [-0.3, -0.25) is 4.99 Å². The van der Waals surface area contributed by atoms with Crippen LogP contribution in [0.5, 0.6) is 11.5 Å². The zero-order valence-electron chi connectivity index (χ0n) is 18.2. The largest absolute Gasteiger partial charge is 0.454 e. The van der Waals surface area contributed by atoms with Gasteiger partial charge in [0.25, 0.3) is 0 Å². The Hall–Kier alpha value is -1.52. The highest BCUT2D eigenvalue weighted by Crippen LogP contribution is 2.41. The summed E-state index contributed by atoms with van der Waals surface area (Å²) in [4.78, 5) is 5.00. The molecule has 1 aromatic heterocycles. The van der Waals surface area contributed by atoms with Crippen molar-refractivity contribution in [3.8, 4) is 11.5 Å². The molecule has 0 spiro atoms. The summed E-state index contributed by atoms with van der Waals surface area (Å²) in [6, 6.07) is 8.50. The third-order valence-electron chi connectivity index (χ3n) is 6.01. The second kappa shape index (κ2) is 11.4. The number of fused-ring (bicyclic) bond motifs is 1. The number of hydrogen-bond acceptors (Lipinski definition) is 5. The number of benzene rings is 1. The van der Waals surface area contributed by atoms with Gasteiger partial charge < -0.3 is 24.8 Å². The lowest BCUT2D eigenvalue weighted by atomic mass is 9.74. The van der Waals surface area contributed by atoms with E-state index in [1.165, 1.54) is 11.1 Å². The van der Waals surface area contributed by atoms with Gasteiger partial charge in [0, 0.05) is 31.7 Å². The molecular weight excluding hydrogens is 525 g/mol. The minimum Gasteiger partial charge on any atom is -0.454 e. The zero-order chi connectivity index (χ0) is 20.8. The Morgan fingerprint density at radius 1 is 1.16 bits per heavy atom. The number of nitrogens with zero attached hydrogens (tertiary/aromatic N) is 1. The van der Waals surface area contributed by atoms with Crippen LogP contribution < -0.4 is 20.1 Å². The van der Waals surface area contributed by atoms with Crippen LogP contribution in [0.15, 0.2) is 40.0 Å². The van der Waals surface area contributed by atoms with E-state index < -0.39 is 0 Å². The molecule has 8 heteroatoms. The maximum absolute atomic E-state index is 5.68. The average Bonchev–Trinajstić information content (AvgIpc) is 3.47. The van der Waals surface area contributed by atoms with Gasteiger partial charge in [-0.15, -0.1) is 24.0 Å². The molecular formula is C23H32IN3O3S. The molecule has 1 saturated heterocycles. The lowest BCUT2D eigenvalue weighted by Gasteiger charge is -2.36. The molecule has 170 valence electrons. The molecule has 1 unspecified atom stereocenters. The lowest BCUT2D eigenvalue weighted by molar-refractivity contribution is 0.0530. The Balaban J connectivity index is 0.00000272. The Morgan fingerprint density at radius 3 is 2.71 bits per heavy atom. The quantitative estimate of drug-likeness (QED) is 0.298.